The van der Waals surface area contributed by atoms with Gasteiger partial charge in [0.2, 0.25) is 0 Å². The van der Waals surface area contributed by atoms with Crippen molar-refractivity contribution in [2.24, 2.45) is 0 Å². The third kappa shape index (κ3) is 3.32. The fraction of sp³-hybridized carbons (Fsp3) is 0.550. The molecule has 1 aliphatic carbocycles. The minimum atomic E-state index is -0.168. The predicted octanol–water partition coefficient (Wildman–Crippen LogP) is 3.36. The Morgan fingerprint density at radius 2 is 1.89 bits per heavy atom. The van der Waals surface area contributed by atoms with Gasteiger partial charge in [-0.05, 0) is 57.7 Å². The van der Waals surface area contributed by atoms with Crippen LogP contribution in [0.25, 0.3) is 11.5 Å². The van der Waals surface area contributed by atoms with Gasteiger partial charge < -0.3 is 20.1 Å². The summed E-state index contributed by atoms with van der Waals surface area (Å²) in [5.41, 5.74) is 1.45. The summed E-state index contributed by atoms with van der Waals surface area (Å²) >= 11 is 0. The average molecular weight is 367 g/mol. The number of piperidine rings is 1. The first-order valence-electron chi connectivity index (χ1n) is 9.90. The molecule has 2 saturated heterocycles. The van der Waals surface area contributed by atoms with Crippen LogP contribution in [-0.2, 0) is 0 Å². The first-order chi connectivity index (χ1) is 13.2. The van der Waals surface area contributed by atoms with Gasteiger partial charge in [0.1, 0.15) is 0 Å². The topological polar surface area (TPSA) is 83.3 Å². The Kier molecular flexibility index (Phi) is 4.11. The van der Waals surface area contributed by atoms with Gasteiger partial charge in [0.15, 0.2) is 5.82 Å². The Labute approximate surface area is 158 Å². The summed E-state index contributed by atoms with van der Waals surface area (Å²) in [7, 11) is 2.20. The van der Waals surface area contributed by atoms with Crippen molar-refractivity contribution in [3.05, 3.63) is 30.1 Å². The van der Waals surface area contributed by atoms with Crippen LogP contribution in [-0.4, -0.2) is 46.2 Å². The van der Waals surface area contributed by atoms with E-state index < -0.39 is 0 Å². The molecule has 3 heterocycles. The number of rotatable bonds is 4. The molecule has 2 aliphatic heterocycles. The number of benzene rings is 1. The molecule has 2 unspecified atom stereocenters. The second-order valence-electron chi connectivity index (χ2n) is 8.09. The van der Waals surface area contributed by atoms with Crippen LogP contribution < -0.4 is 10.6 Å². The van der Waals surface area contributed by atoms with Gasteiger partial charge >= 0.3 is 6.03 Å². The molecule has 3 fully saturated rings. The van der Waals surface area contributed by atoms with Gasteiger partial charge in [-0.25, -0.2) is 4.79 Å². The van der Waals surface area contributed by atoms with Crippen molar-refractivity contribution in [2.45, 2.75) is 62.6 Å². The molecule has 3 aliphatic rings. The maximum atomic E-state index is 12.6. The molecule has 1 aromatic carbocycles. The molecule has 1 aromatic heterocycles. The average Bonchev–Trinajstić information content (AvgIpc) is 3.36. The van der Waals surface area contributed by atoms with Gasteiger partial charge in [0, 0.05) is 24.0 Å². The maximum Gasteiger partial charge on any atom is 0.319 e. The molecule has 1 saturated carbocycles. The van der Waals surface area contributed by atoms with E-state index in [0.29, 0.717) is 29.6 Å². The largest absolute Gasteiger partial charge is 0.335 e. The summed E-state index contributed by atoms with van der Waals surface area (Å²) in [6, 6.07) is 8.83. The van der Waals surface area contributed by atoms with Crippen molar-refractivity contribution < 1.29 is 9.32 Å². The molecule has 7 nitrogen and oxygen atoms in total. The van der Waals surface area contributed by atoms with Gasteiger partial charge in [-0.2, -0.15) is 4.98 Å². The zero-order valence-electron chi connectivity index (χ0n) is 15.5. The fourth-order valence-corrected chi connectivity index (χ4v) is 4.50. The van der Waals surface area contributed by atoms with Crippen LogP contribution >= 0.6 is 0 Å². The van der Waals surface area contributed by atoms with Gasteiger partial charge in [0.25, 0.3) is 5.89 Å². The Morgan fingerprint density at radius 1 is 1.15 bits per heavy atom. The number of carbonyl (C=O) groups excluding carboxylic acids is 1. The minimum Gasteiger partial charge on any atom is -0.335 e. The summed E-state index contributed by atoms with van der Waals surface area (Å²) in [6.45, 7) is 0. The van der Waals surface area contributed by atoms with E-state index in [2.05, 4.69) is 32.7 Å². The van der Waals surface area contributed by atoms with E-state index in [0.717, 1.165) is 37.1 Å². The lowest BCUT2D eigenvalue weighted by molar-refractivity contribution is 0.151. The molecular weight excluding hydrogens is 342 g/mol. The third-order valence-corrected chi connectivity index (χ3v) is 6.22. The fourth-order valence-electron chi connectivity index (χ4n) is 4.50. The Hall–Kier alpha value is -2.41. The first kappa shape index (κ1) is 16.7. The van der Waals surface area contributed by atoms with Crippen LogP contribution in [0.15, 0.2) is 28.8 Å². The Bertz CT molecular complexity index is 832. The lowest BCUT2D eigenvalue weighted by Crippen LogP contribution is -2.49. The van der Waals surface area contributed by atoms with E-state index in [1.807, 2.05) is 24.3 Å². The summed E-state index contributed by atoms with van der Waals surface area (Å²) in [6.07, 6.45) is 6.78. The molecule has 142 valence electrons. The van der Waals surface area contributed by atoms with Crippen LogP contribution in [0.5, 0.6) is 0 Å². The Balaban J connectivity index is 1.27. The third-order valence-electron chi connectivity index (χ3n) is 6.22. The number of hydrogen-bond acceptors (Lipinski definition) is 5. The predicted molar refractivity (Wildman–Crippen MR) is 101 cm³/mol. The van der Waals surface area contributed by atoms with Crippen molar-refractivity contribution in [3.8, 4) is 11.5 Å². The van der Waals surface area contributed by atoms with Crippen molar-refractivity contribution in [2.75, 3.05) is 12.4 Å². The van der Waals surface area contributed by atoms with Crippen molar-refractivity contribution in [1.82, 2.24) is 20.4 Å². The van der Waals surface area contributed by atoms with Crippen LogP contribution in [0.4, 0.5) is 10.5 Å². The van der Waals surface area contributed by atoms with Gasteiger partial charge in [-0.15, -0.1) is 0 Å². The highest BCUT2D eigenvalue weighted by atomic mass is 16.5. The summed E-state index contributed by atoms with van der Waals surface area (Å²) < 4.78 is 5.43. The number of anilines is 1. The smallest absolute Gasteiger partial charge is 0.319 e. The van der Waals surface area contributed by atoms with Crippen LogP contribution in [0.1, 0.15) is 50.3 Å². The van der Waals surface area contributed by atoms with Crippen molar-refractivity contribution in [3.63, 3.8) is 0 Å². The molecular formula is C20H25N5O2. The molecule has 2 aromatic rings. The number of aromatic nitrogens is 2. The van der Waals surface area contributed by atoms with Crippen molar-refractivity contribution >= 4 is 11.7 Å². The molecule has 2 atom stereocenters. The van der Waals surface area contributed by atoms with E-state index in [-0.39, 0.29) is 12.1 Å². The number of nitrogens with one attached hydrogen (secondary N) is 2. The maximum absolute atomic E-state index is 12.6. The summed E-state index contributed by atoms with van der Waals surface area (Å²) in [4.78, 5) is 19.6. The SMILES string of the molecule is CN1C2CCC1CC(NC(=O)Nc1ccccc1-c1nc(C3CC3)no1)C2. The van der Waals surface area contributed by atoms with Gasteiger partial charge in [-0.3, -0.25) is 0 Å². The molecule has 2 amide bonds. The van der Waals surface area contributed by atoms with Crippen LogP contribution in [0.3, 0.4) is 0 Å². The zero-order chi connectivity index (χ0) is 18.4. The number of hydrogen-bond donors (Lipinski definition) is 2. The second kappa shape index (κ2) is 6.64. The molecule has 0 radical (unpaired) electrons. The molecule has 5 rings (SSSR count). The minimum absolute atomic E-state index is 0.168. The molecule has 0 spiro atoms. The van der Waals surface area contributed by atoms with Crippen LogP contribution in [0.2, 0.25) is 0 Å². The normalized spacial score (nSPS) is 27.5. The first-order valence-corrected chi connectivity index (χ1v) is 9.90. The highest BCUT2D eigenvalue weighted by Crippen LogP contribution is 2.39. The zero-order valence-corrected chi connectivity index (χ0v) is 15.5. The number of nitrogens with zero attached hydrogens (tertiary/aromatic N) is 3. The number of para-hydroxylation sites is 1. The summed E-state index contributed by atoms with van der Waals surface area (Å²) in [5.74, 6) is 1.67. The quantitative estimate of drug-likeness (QED) is 0.866. The summed E-state index contributed by atoms with van der Waals surface area (Å²) in [5, 5.41) is 10.2. The lowest BCUT2D eigenvalue weighted by Gasteiger charge is -2.36. The van der Waals surface area contributed by atoms with E-state index in [1.165, 1.54) is 12.8 Å². The number of fused-ring (bicyclic) bond motifs is 2. The highest BCUT2D eigenvalue weighted by molar-refractivity contribution is 5.93. The monoisotopic (exact) mass is 367 g/mol. The number of urea groups is 1. The Morgan fingerprint density at radius 3 is 2.63 bits per heavy atom. The van der Waals surface area contributed by atoms with E-state index in [1.54, 1.807) is 0 Å². The second-order valence-corrected chi connectivity index (χ2v) is 8.09. The van der Waals surface area contributed by atoms with Gasteiger partial charge in [0.05, 0.1) is 11.3 Å². The standard InChI is InChI=1S/C20H25N5O2/c1-25-14-8-9-15(25)11-13(10-14)21-20(26)22-17-5-3-2-4-16(17)19-23-18(24-27-19)12-6-7-12/h2-5,12-15H,6-11H2,1H3,(H2,21,22,26). The molecule has 27 heavy (non-hydrogen) atoms. The van der Waals surface area contributed by atoms with E-state index >= 15 is 0 Å². The van der Waals surface area contributed by atoms with Crippen LogP contribution in [0, 0.1) is 0 Å². The molecule has 2 N–H and O–H groups in total. The molecule has 2 bridgehead atoms. The number of carbonyl (C=O) groups is 1. The lowest BCUT2D eigenvalue weighted by atomic mass is 9.98. The van der Waals surface area contributed by atoms with E-state index in [9.17, 15) is 4.79 Å². The highest BCUT2D eigenvalue weighted by Gasteiger charge is 2.38. The van der Waals surface area contributed by atoms with E-state index in [4.69, 9.17) is 4.52 Å². The van der Waals surface area contributed by atoms with Gasteiger partial charge in [-0.1, -0.05) is 17.3 Å². The van der Waals surface area contributed by atoms with Crippen molar-refractivity contribution in [1.29, 1.82) is 0 Å². The number of amides is 2. The molecule has 7 heteroatoms.